The molecule has 0 radical (unpaired) electrons. The van der Waals surface area contributed by atoms with Crippen LogP contribution in [0.5, 0.6) is 5.88 Å². The molecule has 9 heteroatoms. The third-order valence-corrected chi connectivity index (χ3v) is 4.46. The van der Waals surface area contributed by atoms with Gasteiger partial charge in [0.1, 0.15) is 17.7 Å². The number of piperidine rings is 1. The highest BCUT2D eigenvalue weighted by atomic mass is 19.4. The third-order valence-electron chi connectivity index (χ3n) is 4.46. The molecule has 2 aromatic rings. The smallest absolute Gasteiger partial charge is 0.417 e. The molecule has 0 unspecified atom stereocenters. The topological polar surface area (TPSA) is 54.5 Å². The molecule has 2 heterocycles. The molecular weight excluding hydrogens is 378 g/mol. The first-order chi connectivity index (χ1) is 13.2. The fourth-order valence-corrected chi connectivity index (χ4v) is 2.99. The molecule has 1 aromatic heterocycles. The molecule has 0 atom stereocenters. The summed E-state index contributed by atoms with van der Waals surface area (Å²) in [6, 6.07) is 6.91. The zero-order chi connectivity index (χ0) is 20.3. The molecule has 0 aliphatic carbocycles. The number of alkyl halides is 3. The lowest BCUT2D eigenvalue weighted by Crippen LogP contribution is -2.35. The summed E-state index contributed by atoms with van der Waals surface area (Å²) in [5.74, 6) is -2.26. The predicted molar refractivity (Wildman–Crippen MR) is 94.7 cm³/mol. The summed E-state index contributed by atoms with van der Waals surface area (Å²) in [5.41, 5.74) is -2.41. The molecule has 0 bridgehead atoms. The molecule has 150 valence electrons. The van der Waals surface area contributed by atoms with Gasteiger partial charge in [-0.15, -0.1) is 0 Å². The molecule has 1 aromatic carbocycles. The summed E-state index contributed by atoms with van der Waals surface area (Å²) >= 11 is 0. The van der Waals surface area contributed by atoms with Gasteiger partial charge in [0.2, 0.25) is 5.88 Å². The van der Waals surface area contributed by atoms with Gasteiger partial charge in [-0.3, -0.25) is 4.79 Å². The number of hydrogen-bond acceptors (Lipinski definition) is 4. The number of halogens is 4. The molecule has 1 N–H and O–H groups in total. The van der Waals surface area contributed by atoms with Crippen molar-refractivity contribution in [3.8, 4) is 5.88 Å². The lowest BCUT2D eigenvalue weighted by atomic mass is 10.1. The van der Waals surface area contributed by atoms with Crippen LogP contribution in [0.25, 0.3) is 0 Å². The Morgan fingerprint density at radius 3 is 2.54 bits per heavy atom. The number of anilines is 1. The van der Waals surface area contributed by atoms with Gasteiger partial charge >= 0.3 is 6.18 Å². The van der Waals surface area contributed by atoms with Crippen molar-refractivity contribution in [1.29, 1.82) is 0 Å². The SMILES string of the molecule is CN1CCC(Oc2cccc(NC(=O)c3c(F)cccc3C(F)(F)F)n2)CC1. The largest absolute Gasteiger partial charge is 0.474 e. The Morgan fingerprint density at radius 2 is 1.86 bits per heavy atom. The van der Waals surface area contributed by atoms with Gasteiger partial charge in [-0.2, -0.15) is 18.2 Å². The minimum Gasteiger partial charge on any atom is -0.474 e. The van der Waals surface area contributed by atoms with Crippen molar-refractivity contribution in [3.05, 3.63) is 53.3 Å². The van der Waals surface area contributed by atoms with Crippen LogP contribution in [0.1, 0.15) is 28.8 Å². The van der Waals surface area contributed by atoms with Crippen molar-refractivity contribution in [1.82, 2.24) is 9.88 Å². The molecule has 1 amide bonds. The zero-order valence-corrected chi connectivity index (χ0v) is 15.1. The van der Waals surface area contributed by atoms with E-state index in [1.54, 1.807) is 12.1 Å². The second-order valence-electron chi connectivity index (χ2n) is 6.60. The normalized spacial score (nSPS) is 16.0. The molecule has 28 heavy (non-hydrogen) atoms. The van der Waals surface area contributed by atoms with Crippen molar-refractivity contribution < 1.29 is 27.1 Å². The first kappa shape index (κ1) is 20.1. The number of carbonyl (C=O) groups is 1. The van der Waals surface area contributed by atoms with E-state index in [1.165, 1.54) is 6.07 Å². The quantitative estimate of drug-likeness (QED) is 0.794. The Morgan fingerprint density at radius 1 is 1.18 bits per heavy atom. The standard InChI is InChI=1S/C19H19F4N3O2/c1-26-10-8-12(9-11-26)28-16-7-3-6-15(24-16)25-18(27)17-13(19(21,22)23)4-2-5-14(17)20/h2-7,12H,8-11H2,1H3,(H,24,25,27). The summed E-state index contributed by atoms with van der Waals surface area (Å²) in [5, 5.41) is 2.22. The predicted octanol–water partition coefficient (Wildman–Crippen LogP) is 3.96. The van der Waals surface area contributed by atoms with Crippen molar-refractivity contribution >= 4 is 11.7 Å². The Labute approximate surface area is 159 Å². The molecule has 1 saturated heterocycles. The summed E-state index contributed by atoms with van der Waals surface area (Å²) < 4.78 is 59.0. The van der Waals surface area contributed by atoms with Gasteiger partial charge in [-0.25, -0.2) is 4.39 Å². The second-order valence-corrected chi connectivity index (χ2v) is 6.60. The minimum absolute atomic E-state index is 0.0215. The Hall–Kier alpha value is -2.68. The van der Waals surface area contributed by atoms with E-state index in [9.17, 15) is 22.4 Å². The summed E-state index contributed by atoms with van der Waals surface area (Å²) in [6.45, 7) is 1.77. The molecule has 5 nitrogen and oxygen atoms in total. The molecule has 1 fully saturated rings. The Bertz CT molecular complexity index is 849. The number of carbonyl (C=O) groups excluding carboxylic acids is 1. The van der Waals surface area contributed by atoms with E-state index in [1.807, 2.05) is 7.05 Å². The van der Waals surface area contributed by atoms with E-state index in [0.717, 1.165) is 38.1 Å². The van der Waals surface area contributed by atoms with E-state index in [2.05, 4.69) is 15.2 Å². The summed E-state index contributed by atoms with van der Waals surface area (Å²) in [4.78, 5) is 18.6. The van der Waals surface area contributed by atoms with Crippen LogP contribution < -0.4 is 10.1 Å². The number of likely N-dealkylation sites (tertiary alicyclic amines) is 1. The van der Waals surface area contributed by atoms with E-state index >= 15 is 0 Å². The number of ether oxygens (including phenoxy) is 1. The van der Waals surface area contributed by atoms with Crippen LogP contribution in [-0.4, -0.2) is 42.0 Å². The van der Waals surface area contributed by atoms with Gasteiger partial charge in [-0.1, -0.05) is 12.1 Å². The van der Waals surface area contributed by atoms with Crippen LogP contribution in [0, 0.1) is 5.82 Å². The van der Waals surface area contributed by atoms with Crippen LogP contribution >= 0.6 is 0 Å². The highest BCUT2D eigenvalue weighted by Gasteiger charge is 2.36. The maximum Gasteiger partial charge on any atom is 0.417 e. The van der Waals surface area contributed by atoms with E-state index in [-0.39, 0.29) is 17.8 Å². The first-order valence-electron chi connectivity index (χ1n) is 8.73. The maximum absolute atomic E-state index is 13.9. The van der Waals surface area contributed by atoms with Gasteiger partial charge in [0, 0.05) is 19.2 Å². The molecule has 3 rings (SSSR count). The molecule has 1 aliphatic rings. The monoisotopic (exact) mass is 397 g/mol. The van der Waals surface area contributed by atoms with Crippen LogP contribution in [0.4, 0.5) is 23.4 Å². The van der Waals surface area contributed by atoms with Gasteiger partial charge in [0.15, 0.2) is 0 Å². The lowest BCUT2D eigenvalue weighted by Gasteiger charge is -2.28. The van der Waals surface area contributed by atoms with E-state index in [4.69, 9.17) is 4.74 Å². The van der Waals surface area contributed by atoms with Gasteiger partial charge in [-0.05, 0) is 38.1 Å². The fraction of sp³-hybridized carbons (Fsp3) is 0.368. The third kappa shape index (κ3) is 4.78. The van der Waals surface area contributed by atoms with Gasteiger partial charge in [0.05, 0.1) is 11.1 Å². The number of benzene rings is 1. The number of amides is 1. The van der Waals surface area contributed by atoms with Crippen LogP contribution in [0.3, 0.4) is 0 Å². The Balaban J connectivity index is 1.75. The van der Waals surface area contributed by atoms with Crippen LogP contribution in [0.15, 0.2) is 36.4 Å². The van der Waals surface area contributed by atoms with Crippen molar-refractivity contribution in [2.45, 2.75) is 25.1 Å². The maximum atomic E-state index is 13.9. The molecular formula is C19H19F4N3O2. The number of aromatic nitrogens is 1. The number of rotatable bonds is 4. The van der Waals surface area contributed by atoms with Gasteiger partial charge < -0.3 is 15.0 Å². The average molecular weight is 397 g/mol. The first-order valence-corrected chi connectivity index (χ1v) is 8.73. The van der Waals surface area contributed by atoms with E-state index in [0.29, 0.717) is 6.07 Å². The van der Waals surface area contributed by atoms with Crippen molar-refractivity contribution in [2.75, 3.05) is 25.5 Å². The number of nitrogens with zero attached hydrogens (tertiary/aromatic N) is 2. The zero-order valence-electron chi connectivity index (χ0n) is 15.1. The minimum atomic E-state index is -4.86. The average Bonchev–Trinajstić information content (AvgIpc) is 2.63. The van der Waals surface area contributed by atoms with Crippen LogP contribution in [0.2, 0.25) is 0 Å². The van der Waals surface area contributed by atoms with Gasteiger partial charge in [0.25, 0.3) is 5.91 Å². The van der Waals surface area contributed by atoms with Crippen LogP contribution in [-0.2, 0) is 6.18 Å². The summed E-state index contributed by atoms with van der Waals surface area (Å²) in [6.07, 6.45) is -3.25. The highest BCUT2D eigenvalue weighted by Crippen LogP contribution is 2.33. The fourth-order valence-electron chi connectivity index (χ4n) is 2.99. The highest BCUT2D eigenvalue weighted by molar-refractivity contribution is 6.05. The van der Waals surface area contributed by atoms with Crippen molar-refractivity contribution in [3.63, 3.8) is 0 Å². The van der Waals surface area contributed by atoms with Crippen molar-refractivity contribution in [2.24, 2.45) is 0 Å². The second kappa shape index (κ2) is 8.14. The lowest BCUT2D eigenvalue weighted by molar-refractivity contribution is -0.138. The number of hydrogen-bond donors (Lipinski definition) is 1. The molecule has 0 spiro atoms. The Kier molecular flexibility index (Phi) is 5.83. The molecule has 0 saturated carbocycles. The number of nitrogens with one attached hydrogen (secondary N) is 1. The number of pyridine rings is 1. The summed E-state index contributed by atoms with van der Waals surface area (Å²) in [7, 11) is 2.02. The van der Waals surface area contributed by atoms with E-state index < -0.39 is 29.0 Å². The molecule has 1 aliphatic heterocycles.